The van der Waals surface area contributed by atoms with E-state index in [9.17, 15) is 28.1 Å². The minimum Gasteiger partial charge on any atom is -0.352 e. The summed E-state index contributed by atoms with van der Waals surface area (Å²) in [6, 6.07) is 19.3. The molecule has 1 atom stereocenters. The third kappa shape index (κ3) is 7.33. The van der Waals surface area contributed by atoms with E-state index in [4.69, 9.17) is 0 Å². The Bertz CT molecular complexity index is 1520. The van der Waals surface area contributed by atoms with Crippen LogP contribution in [0.1, 0.15) is 50.2 Å². The van der Waals surface area contributed by atoms with Crippen LogP contribution in [0.4, 0.5) is 11.4 Å². The fraction of sp³-hybridized carbons (Fsp3) is 0.355. The van der Waals surface area contributed by atoms with Crippen molar-refractivity contribution >= 4 is 33.2 Å². The number of nitrogens with one attached hydrogen (secondary N) is 1. The highest BCUT2D eigenvalue weighted by molar-refractivity contribution is 7.92. The zero-order valence-electron chi connectivity index (χ0n) is 23.8. The van der Waals surface area contributed by atoms with Gasteiger partial charge >= 0.3 is 0 Å². The van der Waals surface area contributed by atoms with Crippen LogP contribution in [-0.2, 0) is 26.2 Å². The van der Waals surface area contributed by atoms with Crippen LogP contribution in [0.3, 0.4) is 0 Å². The smallest absolute Gasteiger partial charge is 0.271 e. The molecule has 0 aromatic heterocycles. The Balaban J connectivity index is 1.71. The van der Waals surface area contributed by atoms with E-state index in [0.29, 0.717) is 0 Å². The molecule has 1 fully saturated rings. The SMILES string of the molecule is Cc1ccccc1CN(C(=O)CN(c1cccc([N+](=O)[O-])c1)S(=O)(=O)c1ccccc1)[C@@H](C)C(=O)NC1CCCCC1. The second-order valence-electron chi connectivity index (χ2n) is 10.6. The lowest BCUT2D eigenvalue weighted by Crippen LogP contribution is -2.53. The predicted octanol–water partition coefficient (Wildman–Crippen LogP) is 4.96. The molecule has 3 aromatic rings. The van der Waals surface area contributed by atoms with Gasteiger partial charge in [0, 0.05) is 24.7 Å². The average Bonchev–Trinajstić information content (AvgIpc) is 3.00. The fourth-order valence-corrected chi connectivity index (χ4v) is 6.56. The van der Waals surface area contributed by atoms with Gasteiger partial charge in [0.2, 0.25) is 11.8 Å². The summed E-state index contributed by atoms with van der Waals surface area (Å²) in [6.07, 6.45) is 4.94. The normalized spacial score (nSPS) is 14.5. The van der Waals surface area contributed by atoms with E-state index in [2.05, 4.69) is 5.32 Å². The van der Waals surface area contributed by atoms with Crippen molar-refractivity contribution in [1.29, 1.82) is 0 Å². The Kier molecular flexibility index (Phi) is 9.95. The van der Waals surface area contributed by atoms with E-state index < -0.39 is 33.4 Å². The van der Waals surface area contributed by atoms with Gasteiger partial charge in [0.1, 0.15) is 12.6 Å². The van der Waals surface area contributed by atoms with Gasteiger partial charge in [0.25, 0.3) is 15.7 Å². The van der Waals surface area contributed by atoms with Crippen LogP contribution in [0, 0.1) is 17.0 Å². The molecule has 11 heteroatoms. The molecule has 1 N–H and O–H groups in total. The maximum Gasteiger partial charge on any atom is 0.271 e. The quantitative estimate of drug-likeness (QED) is 0.247. The number of carbonyl (C=O) groups excluding carboxylic acids is 2. The molecule has 1 aliphatic rings. The van der Waals surface area contributed by atoms with Crippen molar-refractivity contribution in [3.63, 3.8) is 0 Å². The molecular formula is C31H36N4O6S. The summed E-state index contributed by atoms with van der Waals surface area (Å²) in [5, 5.41) is 14.6. The molecule has 3 aromatic carbocycles. The molecular weight excluding hydrogens is 556 g/mol. The number of benzene rings is 3. The third-order valence-corrected chi connectivity index (χ3v) is 9.45. The van der Waals surface area contributed by atoms with Gasteiger partial charge in [-0.1, -0.05) is 67.8 Å². The lowest BCUT2D eigenvalue weighted by molar-refractivity contribution is -0.384. The van der Waals surface area contributed by atoms with Gasteiger partial charge in [-0.05, 0) is 56.0 Å². The van der Waals surface area contributed by atoms with E-state index >= 15 is 0 Å². The number of anilines is 1. The van der Waals surface area contributed by atoms with E-state index in [1.807, 2.05) is 31.2 Å². The highest BCUT2D eigenvalue weighted by Gasteiger charge is 2.33. The molecule has 2 amide bonds. The van der Waals surface area contributed by atoms with Crippen LogP contribution in [0.5, 0.6) is 0 Å². The van der Waals surface area contributed by atoms with E-state index in [-0.39, 0.29) is 34.8 Å². The summed E-state index contributed by atoms with van der Waals surface area (Å²) in [4.78, 5) is 39.7. The molecule has 10 nitrogen and oxygen atoms in total. The maximum atomic E-state index is 14.1. The van der Waals surface area contributed by atoms with Crippen LogP contribution in [-0.4, -0.2) is 48.7 Å². The highest BCUT2D eigenvalue weighted by Crippen LogP contribution is 2.28. The van der Waals surface area contributed by atoms with Gasteiger partial charge in [-0.25, -0.2) is 8.42 Å². The first kappa shape index (κ1) is 30.7. The highest BCUT2D eigenvalue weighted by atomic mass is 32.2. The number of nitro groups is 1. The molecule has 0 unspecified atom stereocenters. The first-order valence-corrected chi connectivity index (χ1v) is 15.5. The summed E-state index contributed by atoms with van der Waals surface area (Å²) in [6.45, 7) is 2.96. The Labute approximate surface area is 246 Å². The number of aryl methyl sites for hydroxylation is 1. The lowest BCUT2D eigenvalue weighted by atomic mass is 9.95. The van der Waals surface area contributed by atoms with Crippen molar-refractivity contribution in [1.82, 2.24) is 10.2 Å². The predicted molar refractivity (Wildman–Crippen MR) is 160 cm³/mol. The summed E-state index contributed by atoms with van der Waals surface area (Å²) >= 11 is 0. The molecule has 1 aliphatic carbocycles. The van der Waals surface area contributed by atoms with Crippen molar-refractivity contribution in [2.75, 3.05) is 10.8 Å². The summed E-state index contributed by atoms with van der Waals surface area (Å²) < 4.78 is 28.6. The van der Waals surface area contributed by atoms with Gasteiger partial charge in [0.15, 0.2) is 0 Å². The number of amides is 2. The van der Waals surface area contributed by atoms with Crippen LogP contribution in [0.25, 0.3) is 0 Å². The molecule has 0 bridgehead atoms. The van der Waals surface area contributed by atoms with Crippen LogP contribution >= 0.6 is 0 Å². The molecule has 0 spiro atoms. The summed E-state index contributed by atoms with van der Waals surface area (Å²) in [7, 11) is -4.31. The Morgan fingerprint density at radius 1 is 0.976 bits per heavy atom. The van der Waals surface area contributed by atoms with Crippen LogP contribution in [0.2, 0.25) is 0 Å². The minimum atomic E-state index is -4.31. The number of nitrogens with zero attached hydrogens (tertiary/aromatic N) is 3. The molecule has 42 heavy (non-hydrogen) atoms. The number of rotatable bonds is 11. The molecule has 0 heterocycles. The average molecular weight is 593 g/mol. The molecule has 0 saturated heterocycles. The fourth-order valence-electron chi connectivity index (χ4n) is 5.13. The molecule has 4 rings (SSSR count). The first-order chi connectivity index (χ1) is 20.1. The van der Waals surface area contributed by atoms with Gasteiger partial charge in [-0.15, -0.1) is 0 Å². The van der Waals surface area contributed by atoms with Gasteiger partial charge < -0.3 is 10.2 Å². The van der Waals surface area contributed by atoms with Crippen molar-refractivity contribution < 1.29 is 22.9 Å². The molecule has 0 radical (unpaired) electrons. The van der Waals surface area contributed by atoms with Crippen molar-refractivity contribution in [2.45, 2.75) is 69.5 Å². The molecule has 0 aliphatic heterocycles. The van der Waals surface area contributed by atoms with Crippen molar-refractivity contribution in [2.24, 2.45) is 0 Å². The van der Waals surface area contributed by atoms with E-state index in [0.717, 1.165) is 53.6 Å². The maximum absolute atomic E-state index is 14.1. The van der Waals surface area contributed by atoms with Gasteiger partial charge in [-0.3, -0.25) is 24.0 Å². The zero-order valence-corrected chi connectivity index (χ0v) is 24.6. The van der Waals surface area contributed by atoms with Gasteiger partial charge in [0.05, 0.1) is 15.5 Å². The lowest BCUT2D eigenvalue weighted by Gasteiger charge is -2.33. The van der Waals surface area contributed by atoms with Crippen LogP contribution in [0.15, 0.2) is 83.8 Å². The monoisotopic (exact) mass is 592 g/mol. The number of non-ortho nitro benzene ring substituents is 1. The van der Waals surface area contributed by atoms with Crippen molar-refractivity contribution in [3.05, 3.63) is 100 Å². The van der Waals surface area contributed by atoms with Crippen molar-refractivity contribution in [3.8, 4) is 0 Å². The second-order valence-corrected chi connectivity index (χ2v) is 12.4. The standard InChI is InChI=1S/C31H36N4O6S/c1-23-12-9-10-13-25(23)21-33(24(2)31(37)32-26-14-5-3-6-15-26)30(36)22-34(27-16-11-17-28(20-27)35(38)39)42(40,41)29-18-7-4-8-19-29/h4,7-13,16-20,24,26H,3,5-6,14-15,21-22H2,1-2H3,(H,32,37)/t24-/m0/s1. The summed E-state index contributed by atoms with van der Waals surface area (Å²) in [5.41, 5.74) is 1.39. The number of carbonyl (C=O) groups is 2. The number of nitro benzene ring substituents is 1. The number of hydrogen-bond acceptors (Lipinski definition) is 6. The zero-order chi connectivity index (χ0) is 30.3. The minimum absolute atomic E-state index is 0.0310. The van der Waals surface area contributed by atoms with Crippen LogP contribution < -0.4 is 9.62 Å². The van der Waals surface area contributed by atoms with Gasteiger partial charge in [-0.2, -0.15) is 0 Å². The van der Waals surface area contributed by atoms with E-state index in [1.54, 1.807) is 25.1 Å². The summed E-state index contributed by atoms with van der Waals surface area (Å²) in [5.74, 6) is -0.924. The first-order valence-electron chi connectivity index (χ1n) is 14.0. The molecule has 222 valence electrons. The number of hydrogen-bond donors (Lipinski definition) is 1. The Morgan fingerprint density at radius 2 is 1.64 bits per heavy atom. The number of sulfonamides is 1. The largest absolute Gasteiger partial charge is 0.352 e. The Hall–Kier alpha value is -4.25. The van der Waals surface area contributed by atoms with E-state index in [1.165, 1.54) is 35.2 Å². The Morgan fingerprint density at radius 3 is 2.31 bits per heavy atom. The topological polar surface area (TPSA) is 130 Å². The second kappa shape index (κ2) is 13.6. The third-order valence-electron chi connectivity index (χ3n) is 7.66. The molecule has 1 saturated carbocycles.